The second kappa shape index (κ2) is 8.63. The number of hydrogen-bond donors (Lipinski definition) is 3. The number of anilines is 3. The molecule has 0 aliphatic carbocycles. The third-order valence-electron chi connectivity index (χ3n) is 3.59. The summed E-state index contributed by atoms with van der Waals surface area (Å²) in [6, 6.07) is 9.46. The number of amides is 1. The Bertz CT molecular complexity index is 924. The van der Waals surface area contributed by atoms with Crippen molar-refractivity contribution < 1.29 is 4.79 Å². The Morgan fingerprint density at radius 2 is 1.93 bits per heavy atom. The molecule has 0 bridgehead atoms. The fourth-order valence-electron chi connectivity index (χ4n) is 2.22. The molecule has 0 fully saturated rings. The van der Waals surface area contributed by atoms with E-state index in [4.69, 9.17) is 0 Å². The normalized spacial score (nSPS) is 10.6. The molecule has 27 heavy (non-hydrogen) atoms. The van der Waals surface area contributed by atoms with E-state index in [1.54, 1.807) is 0 Å². The van der Waals surface area contributed by atoms with Gasteiger partial charge in [-0.1, -0.05) is 13.8 Å². The van der Waals surface area contributed by atoms with Crippen LogP contribution in [-0.4, -0.2) is 31.1 Å². The zero-order chi connectivity index (χ0) is 19.2. The SMILES string of the molecule is CCC(=O)Nc1ccc(Sc2nc(CC)nc(Nc3cc(C)[nH]n3)n2)cc1. The van der Waals surface area contributed by atoms with E-state index in [1.807, 2.05) is 51.1 Å². The number of nitrogens with one attached hydrogen (secondary N) is 3. The van der Waals surface area contributed by atoms with E-state index in [9.17, 15) is 4.79 Å². The monoisotopic (exact) mass is 383 g/mol. The summed E-state index contributed by atoms with van der Waals surface area (Å²) >= 11 is 1.44. The highest BCUT2D eigenvalue weighted by atomic mass is 32.2. The van der Waals surface area contributed by atoms with Crippen LogP contribution in [-0.2, 0) is 11.2 Å². The largest absolute Gasteiger partial charge is 0.326 e. The lowest BCUT2D eigenvalue weighted by Crippen LogP contribution is -2.09. The number of aromatic amines is 1. The lowest BCUT2D eigenvalue weighted by Gasteiger charge is -2.07. The minimum Gasteiger partial charge on any atom is -0.326 e. The minimum absolute atomic E-state index is 0.00947. The van der Waals surface area contributed by atoms with Gasteiger partial charge in [-0.2, -0.15) is 15.1 Å². The molecule has 0 unspecified atom stereocenters. The maximum Gasteiger partial charge on any atom is 0.232 e. The molecule has 0 aliphatic rings. The van der Waals surface area contributed by atoms with E-state index >= 15 is 0 Å². The summed E-state index contributed by atoms with van der Waals surface area (Å²) in [4.78, 5) is 25.8. The fraction of sp³-hybridized carbons (Fsp3) is 0.278. The zero-order valence-electron chi connectivity index (χ0n) is 15.4. The highest BCUT2D eigenvalue weighted by molar-refractivity contribution is 7.99. The van der Waals surface area contributed by atoms with Crippen molar-refractivity contribution in [3.8, 4) is 0 Å². The first kappa shape index (κ1) is 18.8. The zero-order valence-corrected chi connectivity index (χ0v) is 16.2. The van der Waals surface area contributed by atoms with Gasteiger partial charge in [0.25, 0.3) is 0 Å². The van der Waals surface area contributed by atoms with Crippen molar-refractivity contribution in [1.82, 2.24) is 25.1 Å². The number of hydrogen-bond acceptors (Lipinski definition) is 7. The number of carbonyl (C=O) groups is 1. The molecule has 0 atom stereocenters. The first-order valence-electron chi connectivity index (χ1n) is 8.67. The van der Waals surface area contributed by atoms with Crippen LogP contribution in [0.4, 0.5) is 17.5 Å². The molecule has 0 saturated carbocycles. The predicted octanol–water partition coefficient (Wildman–Crippen LogP) is 3.71. The number of nitrogens with zero attached hydrogens (tertiary/aromatic N) is 4. The van der Waals surface area contributed by atoms with Crippen LogP contribution < -0.4 is 10.6 Å². The van der Waals surface area contributed by atoms with Crippen molar-refractivity contribution in [1.29, 1.82) is 0 Å². The predicted molar refractivity (Wildman–Crippen MR) is 105 cm³/mol. The molecule has 8 nitrogen and oxygen atoms in total. The van der Waals surface area contributed by atoms with Crippen LogP contribution in [0, 0.1) is 6.92 Å². The van der Waals surface area contributed by atoms with Crippen molar-refractivity contribution in [2.75, 3.05) is 10.6 Å². The molecule has 2 heterocycles. The van der Waals surface area contributed by atoms with Crippen LogP contribution in [0.2, 0.25) is 0 Å². The number of aromatic nitrogens is 5. The Hall–Kier alpha value is -2.94. The minimum atomic E-state index is -0.00947. The molecule has 1 aromatic carbocycles. The van der Waals surface area contributed by atoms with Gasteiger partial charge in [0, 0.05) is 35.2 Å². The van der Waals surface area contributed by atoms with E-state index in [2.05, 4.69) is 35.8 Å². The van der Waals surface area contributed by atoms with Gasteiger partial charge in [0.1, 0.15) is 5.82 Å². The summed E-state index contributed by atoms with van der Waals surface area (Å²) in [7, 11) is 0. The maximum atomic E-state index is 11.5. The van der Waals surface area contributed by atoms with Crippen LogP contribution in [0.5, 0.6) is 0 Å². The molecule has 0 aliphatic heterocycles. The van der Waals surface area contributed by atoms with Crippen molar-refractivity contribution >= 4 is 35.1 Å². The van der Waals surface area contributed by atoms with Gasteiger partial charge in [-0.25, -0.2) is 4.98 Å². The van der Waals surface area contributed by atoms with E-state index < -0.39 is 0 Å². The number of rotatable bonds is 7. The van der Waals surface area contributed by atoms with Crippen LogP contribution in [0.1, 0.15) is 31.8 Å². The molecule has 0 saturated heterocycles. The molecule has 0 spiro atoms. The lowest BCUT2D eigenvalue weighted by atomic mass is 10.3. The van der Waals surface area contributed by atoms with Crippen molar-refractivity contribution in [2.45, 2.75) is 43.7 Å². The van der Waals surface area contributed by atoms with Crippen LogP contribution >= 0.6 is 11.8 Å². The standard InChI is InChI=1S/C18H21N7OS/c1-4-14-20-17(21-15-10-11(3)24-25-15)23-18(22-14)27-13-8-6-12(7-9-13)19-16(26)5-2/h6-10H,4-5H2,1-3H3,(H,19,26)(H2,20,21,22,23,24,25). The van der Waals surface area contributed by atoms with Gasteiger partial charge in [0.15, 0.2) is 11.0 Å². The highest BCUT2D eigenvalue weighted by Gasteiger charge is 2.09. The van der Waals surface area contributed by atoms with Crippen molar-refractivity contribution in [2.24, 2.45) is 0 Å². The number of H-pyrrole nitrogens is 1. The molecular weight excluding hydrogens is 362 g/mol. The summed E-state index contributed by atoms with van der Waals surface area (Å²) in [5.41, 5.74) is 1.72. The third kappa shape index (κ3) is 5.27. The second-order valence-electron chi connectivity index (χ2n) is 5.80. The maximum absolute atomic E-state index is 11.5. The van der Waals surface area contributed by atoms with E-state index in [0.29, 0.717) is 35.6 Å². The lowest BCUT2D eigenvalue weighted by molar-refractivity contribution is -0.115. The first-order valence-corrected chi connectivity index (χ1v) is 9.49. The Kier molecular flexibility index (Phi) is 6.02. The average Bonchev–Trinajstić information content (AvgIpc) is 3.07. The van der Waals surface area contributed by atoms with Gasteiger partial charge in [0.05, 0.1) is 0 Å². The summed E-state index contributed by atoms with van der Waals surface area (Å²) in [6.45, 7) is 5.75. The second-order valence-corrected chi connectivity index (χ2v) is 6.84. The van der Waals surface area contributed by atoms with Gasteiger partial charge in [-0.15, -0.1) is 0 Å². The van der Waals surface area contributed by atoms with Crippen LogP contribution in [0.15, 0.2) is 40.4 Å². The van der Waals surface area contributed by atoms with Crippen LogP contribution in [0.3, 0.4) is 0 Å². The summed E-state index contributed by atoms with van der Waals surface area (Å²) in [5.74, 6) is 1.81. The molecule has 9 heteroatoms. The van der Waals surface area contributed by atoms with Gasteiger partial charge in [-0.05, 0) is 43.0 Å². The first-order chi connectivity index (χ1) is 13.1. The van der Waals surface area contributed by atoms with E-state index in [1.165, 1.54) is 11.8 Å². The number of aryl methyl sites for hydroxylation is 2. The molecule has 140 valence electrons. The van der Waals surface area contributed by atoms with Crippen LogP contribution in [0.25, 0.3) is 0 Å². The quantitative estimate of drug-likeness (QED) is 0.571. The Labute approximate surface area is 161 Å². The summed E-state index contributed by atoms with van der Waals surface area (Å²) in [5, 5.41) is 13.5. The van der Waals surface area contributed by atoms with Gasteiger partial charge in [0.2, 0.25) is 11.9 Å². The molecular formula is C18H21N7OS. The molecule has 3 aromatic rings. The smallest absolute Gasteiger partial charge is 0.232 e. The van der Waals surface area contributed by atoms with Gasteiger partial charge < -0.3 is 10.6 Å². The summed E-state index contributed by atoms with van der Waals surface area (Å²) < 4.78 is 0. The van der Waals surface area contributed by atoms with Gasteiger partial charge >= 0.3 is 0 Å². The Morgan fingerprint density at radius 3 is 2.56 bits per heavy atom. The van der Waals surface area contributed by atoms with Crippen molar-refractivity contribution in [3.05, 3.63) is 41.9 Å². The summed E-state index contributed by atoms with van der Waals surface area (Å²) in [6.07, 6.45) is 1.15. The third-order valence-corrected chi connectivity index (χ3v) is 4.46. The topological polar surface area (TPSA) is 108 Å². The average molecular weight is 383 g/mol. The molecule has 3 rings (SSSR count). The Morgan fingerprint density at radius 1 is 1.15 bits per heavy atom. The Balaban J connectivity index is 1.75. The van der Waals surface area contributed by atoms with E-state index in [-0.39, 0.29) is 5.91 Å². The number of benzene rings is 1. The molecule has 0 radical (unpaired) electrons. The molecule has 2 aromatic heterocycles. The number of carbonyl (C=O) groups excluding carboxylic acids is 1. The van der Waals surface area contributed by atoms with Crippen molar-refractivity contribution in [3.63, 3.8) is 0 Å². The highest BCUT2D eigenvalue weighted by Crippen LogP contribution is 2.27. The van der Waals surface area contributed by atoms with Gasteiger partial charge in [-0.3, -0.25) is 9.89 Å². The fourth-order valence-corrected chi connectivity index (χ4v) is 2.98. The van der Waals surface area contributed by atoms with E-state index in [0.717, 1.165) is 16.3 Å². The molecule has 3 N–H and O–H groups in total. The molecule has 1 amide bonds.